The molecule has 6 rings (SSSR count). The van der Waals surface area contributed by atoms with Gasteiger partial charge in [0.15, 0.2) is 23.2 Å². The molecule has 2 saturated heterocycles. The molecule has 0 spiro atoms. The van der Waals surface area contributed by atoms with Gasteiger partial charge in [-0.2, -0.15) is 0 Å². The third kappa shape index (κ3) is 5.24. The molecular weight excluding hydrogens is 542 g/mol. The van der Waals surface area contributed by atoms with Crippen molar-refractivity contribution in [3.05, 3.63) is 65.6 Å². The number of hydrogen-bond acceptors (Lipinski definition) is 7. The lowest BCUT2D eigenvalue weighted by Gasteiger charge is -2.38. The normalized spacial score (nSPS) is 17.0. The zero-order valence-electron chi connectivity index (χ0n) is 22.3. The lowest BCUT2D eigenvalue weighted by molar-refractivity contribution is -0.113. The van der Waals surface area contributed by atoms with Gasteiger partial charge in [-0.1, -0.05) is 0 Å². The SMILES string of the molecule is Cc1cc2c(F)c(Oc3ncnc(Nc4ccc(N5CCN(C)CC5)cc4)c3C(=O)N3CC(F)(F)C3)cc(F)c2[nH]1. The molecule has 4 aromatic rings. The van der Waals surface area contributed by atoms with Crippen LogP contribution in [-0.2, 0) is 0 Å². The highest BCUT2D eigenvalue weighted by Gasteiger charge is 2.47. The van der Waals surface area contributed by atoms with Gasteiger partial charge in [0.1, 0.15) is 11.9 Å². The number of carbonyl (C=O) groups is 1. The van der Waals surface area contributed by atoms with Crippen molar-refractivity contribution in [2.45, 2.75) is 12.8 Å². The summed E-state index contributed by atoms with van der Waals surface area (Å²) in [7, 11) is 2.08. The molecule has 2 aromatic heterocycles. The number of aromatic amines is 1. The average Bonchev–Trinajstić information content (AvgIpc) is 3.33. The Bertz CT molecular complexity index is 1610. The van der Waals surface area contributed by atoms with Crippen LogP contribution in [0.5, 0.6) is 11.6 Å². The number of likely N-dealkylation sites (tertiary alicyclic amines) is 1. The van der Waals surface area contributed by atoms with E-state index in [0.717, 1.165) is 49.2 Å². The molecule has 214 valence electrons. The number of piperazine rings is 1. The van der Waals surface area contributed by atoms with Gasteiger partial charge in [-0.3, -0.25) is 4.79 Å². The van der Waals surface area contributed by atoms with E-state index in [4.69, 9.17) is 4.74 Å². The number of ether oxygens (including phenoxy) is 1. The first-order valence-electron chi connectivity index (χ1n) is 13.1. The number of H-pyrrole nitrogens is 1. The number of anilines is 3. The number of carbonyl (C=O) groups excluding carboxylic acids is 1. The Morgan fingerprint density at radius 1 is 1.05 bits per heavy atom. The summed E-state index contributed by atoms with van der Waals surface area (Å²) in [5.74, 6) is -6.44. The highest BCUT2D eigenvalue weighted by Crippen LogP contribution is 2.37. The van der Waals surface area contributed by atoms with E-state index < -0.39 is 48.2 Å². The van der Waals surface area contributed by atoms with Gasteiger partial charge in [0.05, 0.1) is 18.6 Å². The molecule has 0 bridgehead atoms. The minimum Gasteiger partial charge on any atom is -0.435 e. The van der Waals surface area contributed by atoms with Crippen LogP contribution in [0.3, 0.4) is 0 Å². The summed E-state index contributed by atoms with van der Waals surface area (Å²) in [6.07, 6.45) is 1.09. The number of aryl methyl sites for hydroxylation is 1. The molecule has 0 saturated carbocycles. The van der Waals surface area contributed by atoms with Gasteiger partial charge in [-0.15, -0.1) is 0 Å². The fraction of sp³-hybridized carbons (Fsp3) is 0.321. The zero-order valence-corrected chi connectivity index (χ0v) is 22.3. The Kier molecular flexibility index (Phi) is 6.68. The molecule has 0 unspecified atom stereocenters. The monoisotopic (exact) mass is 569 g/mol. The molecule has 1 amide bonds. The number of amides is 1. The van der Waals surface area contributed by atoms with Crippen molar-refractivity contribution in [2.24, 2.45) is 0 Å². The van der Waals surface area contributed by atoms with E-state index in [-0.39, 0.29) is 22.3 Å². The first-order chi connectivity index (χ1) is 19.6. The van der Waals surface area contributed by atoms with Crippen molar-refractivity contribution in [3.8, 4) is 11.6 Å². The number of nitrogens with zero attached hydrogens (tertiary/aromatic N) is 5. The number of benzene rings is 2. The first-order valence-corrected chi connectivity index (χ1v) is 13.1. The third-order valence-corrected chi connectivity index (χ3v) is 7.26. The van der Waals surface area contributed by atoms with E-state index in [1.165, 1.54) is 6.07 Å². The molecule has 2 aromatic carbocycles. The standard InChI is InChI=1S/C28H27F4N7O2/c1-16-11-19-23(30)21(12-20(29)24(19)35-16)41-26-22(27(40)39-13-28(31,32)14-39)25(33-15-34-26)36-17-3-5-18(6-4-17)38-9-7-37(2)8-10-38/h3-6,11-12,15,35H,7-10,13-14H2,1-2H3,(H,33,34,36). The van der Waals surface area contributed by atoms with Gasteiger partial charge in [-0.25, -0.2) is 27.5 Å². The van der Waals surface area contributed by atoms with E-state index >= 15 is 4.39 Å². The maximum Gasteiger partial charge on any atom is 0.282 e. The van der Waals surface area contributed by atoms with Crippen LogP contribution in [0.4, 0.5) is 34.8 Å². The van der Waals surface area contributed by atoms with Crippen LogP contribution in [-0.4, -0.2) is 82.9 Å². The van der Waals surface area contributed by atoms with E-state index in [9.17, 15) is 18.0 Å². The van der Waals surface area contributed by atoms with Gasteiger partial charge in [0.2, 0.25) is 5.88 Å². The summed E-state index contributed by atoms with van der Waals surface area (Å²) in [5, 5.41) is 2.99. The number of hydrogen-bond donors (Lipinski definition) is 2. The van der Waals surface area contributed by atoms with Crippen molar-refractivity contribution in [2.75, 3.05) is 56.5 Å². The van der Waals surface area contributed by atoms with E-state index in [0.29, 0.717) is 11.4 Å². The van der Waals surface area contributed by atoms with Crippen LogP contribution in [0, 0.1) is 18.6 Å². The minimum absolute atomic E-state index is 0.0259. The van der Waals surface area contributed by atoms with Gasteiger partial charge in [0, 0.05) is 54.7 Å². The van der Waals surface area contributed by atoms with Crippen LogP contribution < -0.4 is 15.0 Å². The largest absolute Gasteiger partial charge is 0.435 e. The number of likely N-dealkylation sites (N-methyl/N-ethyl adjacent to an activating group) is 1. The molecule has 4 heterocycles. The van der Waals surface area contributed by atoms with Gasteiger partial charge < -0.3 is 29.7 Å². The summed E-state index contributed by atoms with van der Waals surface area (Å²) in [6, 6.07) is 9.73. The number of alkyl halides is 2. The van der Waals surface area contributed by atoms with Crippen LogP contribution in [0.25, 0.3) is 10.9 Å². The predicted molar refractivity (Wildman–Crippen MR) is 145 cm³/mol. The average molecular weight is 570 g/mol. The van der Waals surface area contributed by atoms with Crippen LogP contribution in [0.2, 0.25) is 0 Å². The summed E-state index contributed by atoms with van der Waals surface area (Å²) in [4.78, 5) is 29.7. The van der Waals surface area contributed by atoms with Crippen LogP contribution in [0.1, 0.15) is 16.1 Å². The molecule has 13 heteroatoms. The van der Waals surface area contributed by atoms with Crippen molar-refractivity contribution in [1.82, 2.24) is 24.8 Å². The second-order valence-electron chi connectivity index (χ2n) is 10.4. The van der Waals surface area contributed by atoms with Crippen molar-refractivity contribution in [1.29, 1.82) is 0 Å². The minimum atomic E-state index is -3.02. The fourth-order valence-corrected chi connectivity index (χ4v) is 5.02. The van der Waals surface area contributed by atoms with Crippen molar-refractivity contribution in [3.63, 3.8) is 0 Å². The second kappa shape index (κ2) is 10.2. The molecule has 9 nitrogen and oxygen atoms in total. The lowest BCUT2D eigenvalue weighted by Crippen LogP contribution is -2.58. The van der Waals surface area contributed by atoms with Gasteiger partial charge in [0.25, 0.3) is 11.8 Å². The molecular formula is C28H27F4N7O2. The third-order valence-electron chi connectivity index (χ3n) is 7.26. The summed E-state index contributed by atoms with van der Waals surface area (Å²) in [5.41, 5.74) is 1.82. The second-order valence-corrected chi connectivity index (χ2v) is 10.4. The van der Waals surface area contributed by atoms with E-state index in [1.54, 1.807) is 19.1 Å². The lowest BCUT2D eigenvalue weighted by atomic mass is 10.1. The van der Waals surface area contributed by atoms with Crippen LogP contribution >= 0.6 is 0 Å². The fourth-order valence-electron chi connectivity index (χ4n) is 5.02. The summed E-state index contributed by atoms with van der Waals surface area (Å²) in [6.45, 7) is 3.74. The summed E-state index contributed by atoms with van der Waals surface area (Å²) >= 11 is 0. The van der Waals surface area contributed by atoms with E-state index in [1.807, 2.05) is 12.1 Å². The number of fused-ring (bicyclic) bond motifs is 1. The molecule has 2 aliphatic heterocycles. The Balaban J connectivity index is 1.33. The molecule has 2 N–H and O–H groups in total. The van der Waals surface area contributed by atoms with Crippen molar-refractivity contribution >= 4 is 34.0 Å². The van der Waals surface area contributed by atoms with Crippen LogP contribution in [0.15, 0.2) is 42.7 Å². The first kappa shape index (κ1) is 26.8. The smallest absolute Gasteiger partial charge is 0.282 e. The Labute approximate surface area is 232 Å². The molecule has 2 fully saturated rings. The summed E-state index contributed by atoms with van der Waals surface area (Å²) < 4.78 is 63.0. The highest BCUT2D eigenvalue weighted by atomic mass is 19.3. The molecule has 41 heavy (non-hydrogen) atoms. The van der Waals surface area contributed by atoms with Gasteiger partial charge >= 0.3 is 0 Å². The maximum atomic E-state index is 15.3. The quantitative estimate of drug-likeness (QED) is 0.319. The molecule has 2 aliphatic rings. The molecule has 0 radical (unpaired) electrons. The Morgan fingerprint density at radius 2 is 1.76 bits per heavy atom. The topological polar surface area (TPSA) is 89.6 Å². The highest BCUT2D eigenvalue weighted by molar-refractivity contribution is 6.02. The number of halogens is 4. The Hall–Kier alpha value is -4.39. The molecule has 0 atom stereocenters. The number of aromatic nitrogens is 3. The zero-order chi connectivity index (χ0) is 28.9. The van der Waals surface area contributed by atoms with E-state index in [2.05, 4.69) is 37.1 Å². The predicted octanol–water partition coefficient (Wildman–Crippen LogP) is 4.92. The number of nitrogens with one attached hydrogen (secondary N) is 2. The van der Waals surface area contributed by atoms with Crippen molar-refractivity contribution < 1.29 is 27.1 Å². The maximum absolute atomic E-state index is 15.3. The molecule has 0 aliphatic carbocycles. The Morgan fingerprint density at radius 3 is 2.44 bits per heavy atom. The number of rotatable bonds is 6. The van der Waals surface area contributed by atoms with Gasteiger partial charge in [-0.05, 0) is 44.3 Å².